The third kappa shape index (κ3) is 6.76. The van der Waals surface area contributed by atoms with Crippen LogP contribution in [0, 0.1) is 0 Å². The van der Waals surface area contributed by atoms with Crippen molar-refractivity contribution in [1.29, 1.82) is 0 Å². The molecule has 136 valence electrons. The summed E-state index contributed by atoms with van der Waals surface area (Å²) in [5.41, 5.74) is 1.90. The number of carbonyl (C=O) groups is 3. The number of nitrogens with one attached hydrogen (secondary N) is 3. The summed E-state index contributed by atoms with van der Waals surface area (Å²) in [6.45, 7) is 1.61. The van der Waals surface area contributed by atoms with E-state index in [0.717, 1.165) is 11.1 Å². The van der Waals surface area contributed by atoms with E-state index in [-0.39, 0.29) is 24.3 Å². The lowest BCUT2D eigenvalue weighted by Crippen LogP contribution is -2.49. The smallest absolute Gasteiger partial charge is 0.243 e. The fourth-order valence-corrected chi connectivity index (χ4v) is 2.45. The molecule has 0 heterocycles. The minimum atomic E-state index is -0.725. The van der Waals surface area contributed by atoms with Crippen LogP contribution in [0.5, 0.6) is 0 Å². The molecule has 2 aromatic rings. The second-order valence-corrected chi connectivity index (χ2v) is 5.92. The summed E-state index contributed by atoms with van der Waals surface area (Å²) in [5.74, 6) is -0.975. The van der Waals surface area contributed by atoms with Gasteiger partial charge in [0.05, 0.1) is 6.54 Å². The first-order valence-electron chi connectivity index (χ1n) is 8.44. The van der Waals surface area contributed by atoms with Gasteiger partial charge in [-0.1, -0.05) is 60.7 Å². The lowest BCUT2D eigenvalue weighted by molar-refractivity contribution is -0.129. The zero-order valence-corrected chi connectivity index (χ0v) is 14.7. The van der Waals surface area contributed by atoms with Crippen LogP contribution in [0.4, 0.5) is 0 Å². The Morgan fingerprint density at radius 3 is 2.00 bits per heavy atom. The van der Waals surface area contributed by atoms with Gasteiger partial charge < -0.3 is 16.0 Å². The first-order valence-corrected chi connectivity index (χ1v) is 8.44. The lowest BCUT2D eigenvalue weighted by Gasteiger charge is -2.17. The highest BCUT2D eigenvalue weighted by atomic mass is 16.2. The molecule has 0 saturated heterocycles. The molecule has 1 atom stereocenters. The minimum absolute atomic E-state index is 0.142. The topological polar surface area (TPSA) is 87.3 Å². The van der Waals surface area contributed by atoms with E-state index in [1.165, 1.54) is 6.92 Å². The van der Waals surface area contributed by atoms with Gasteiger partial charge in [0.2, 0.25) is 17.7 Å². The summed E-state index contributed by atoms with van der Waals surface area (Å²) in [5, 5.41) is 7.95. The molecule has 0 saturated carbocycles. The van der Waals surface area contributed by atoms with Crippen LogP contribution in [0.15, 0.2) is 60.7 Å². The molecule has 0 fully saturated rings. The van der Waals surface area contributed by atoms with Crippen LogP contribution in [0.3, 0.4) is 0 Å². The van der Waals surface area contributed by atoms with Crippen molar-refractivity contribution < 1.29 is 14.4 Å². The molecule has 0 spiro atoms. The maximum Gasteiger partial charge on any atom is 0.243 e. The van der Waals surface area contributed by atoms with Crippen molar-refractivity contribution in [3.05, 3.63) is 71.8 Å². The van der Waals surface area contributed by atoms with Crippen LogP contribution in [-0.2, 0) is 27.3 Å². The highest BCUT2D eigenvalue weighted by Crippen LogP contribution is 2.03. The Morgan fingerprint density at radius 2 is 1.42 bits per heavy atom. The summed E-state index contributed by atoms with van der Waals surface area (Å²) in [7, 11) is 0. The summed E-state index contributed by atoms with van der Waals surface area (Å²) >= 11 is 0. The van der Waals surface area contributed by atoms with Crippen molar-refractivity contribution in [3.8, 4) is 0 Å². The van der Waals surface area contributed by atoms with E-state index in [2.05, 4.69) is 16.0 Å². The summed E-state index contributed by atoms with van der Waals surface area (Å²) in [6, 6.07) is 18.2. The van der Waals surface area contributed by atoms with Gasteiger partial charge in [-0.25, -0.2) is 0 Å². The van der Waals surface area contributed by atoms with E-state index >= 15 is 0 Å². The number of benzene rings is 2. The average Bonchev–Trinajstić information content (AvgIpc) is 2.65. The van der Waals surface area contributed by atoms with E-state index < -0.39 is 6.04 Å². The predicted octanol–water partition coefficient (Wildman–Crippen LogP) is 1.17. The van der Waals surface area contributed by atoms with Crippen molar-refractivity contribution in [2.75, 3.05) is 6.54 Å². The van der Waals surface area contributed by atoms with E-state index in [0.29, 0.717) is 13.0 Å². The average molecular weight is 353 g/mol. The molecule has 1 unspecified atom stereocenters. The Morgan fingerprint density at radius 1 is 0.846 bits per heavy atom. The zero-order chi connectivity index (χ0) is 18.8. The number of rotatable bonds is 8. The van der Waals surface area contributed by atoms with Gasteiger partial charge in [-0.3, -0.25) is 14.4 Å². The largest absolute Gasteiger partial charge is 0.350 e. The summed E-state index contributed by atoms with van der Waals surface area (Å²) in [6.07, 6.45) is 0.359. The second-order valence-electron chi connectivity index (χ2n) is 5.92. The minimum Gasteiger partial charge on any atom is -0.350 e. The molecule has 0 radical (unpaired) electrons. The van der Waals surface area contributed by atoms with Crippen molar-refractivity contribution >= 4 is 17.7 Å². The van der Waals surface area contributed by atoms with Crippen LogP contribution < -0.4 is 16.0 Å². The van der Waals surface area contributed by atoms with Gasteiger partial charge in [0.25, 0.3) is 0 Å². The molecule has 6 heteroatoms. The Hall–Kier alpha value is -3.15. The van der Waals surface area contributed by atoms with Gasteiger partial charge in [-0.15, -0.1) is 0 Å². The summed E-state index contributed by atoms with van der Waals surface area (Å²) in [4.78, 5) is 35.6. The first-order chi connectivity index (χ1) is 12.5. The lowest BCUT2D eigenvalue weighted by atomic mass is 10.1. The third-order valence-corrected chi connectivity index (χ3v) is 3.73. The molecular formula is C20H23N3O3. The van der Waals surface area contributed by atoms with Crippen molar-refractivity contribution in [1.82, 2.24) is 16.0 Å². The quantitative estimate of drug-likeness (QED) is 0.666. The predicted molar refractivity (Wildman–Crippen MR) is 99.0 cm³/mol. The molecule has 0 aliphatic carbocycles. The van der Waals surface area contributed by atoms with Gasteiger partial charge in [0, 0.05) is 19.9 Å². The molecule has 0 aliphatic heterocycles. The number of carbonyl (C=O) groups excluding carboxylic acids is 3. The van der Waals surface area contributed by atoms with Crippen molar-refractivity contribution in [2.24, 2.45) is 0 Å². The fraction of sp³-hybridized carbons (Fsp3) is 0.250. The zero-order valence-electron chi connectivity index (χ0n) is 14.7. The molecule has 3 N–H and O–H groups in total. The van der Waals surface area contributed by atoms with Crippen molar-refractivity contribution in [2.45, 2.75) is 25.9 Å². The van der Waals surface area contributed by atoms with Crippen LogP contribution >= 0.6 is 0 Å². The number of hydrogen-bond acceptors (Lipinski definition) is 3. The molecule has 2 aromatic carbocycles. The standard InChI is InChI=1S/C20H23N3O3/c1-15(24)23-18(12-16-8-4-2-5-9-16)20(26)22-14-19(25)21-13-17-10-6-3-7-11-17/h2-11,18H,12-14H2,1H3,(H,21,25)(H,22,26)(H,23,24). The molecule has 0 aromatic heterocycles. The van der Waals surface area contributed by atoms with Crippen LogP contribution in [-0.4, -0.2) is 30.3 Å². The van der Waals surface area contributed by atoms with Gasteiger partial charge in [0.1, 0.15) is 6.04 Å². The summed E-state index contributed by atoms with van der Waals surface area (Å²) < 4.78 is 0. The second kappa shape index (κ2) is 9.98. The van der Waals surface area contributed by atoms with Crippen molar-refractivity contribution in [3.63, 3.8) is 0 Å². The first kappa shape index (κ1) is 19.2. The van der Waals surface area contributed by atoms with Crippen LogP contribution in [0.1, 0.15) is 18.1 Å². The molecule has 6 nitrogen and oxygen atoms in total. The van der Waals surface area contributed by atoms with E-state index in [9.17, 15) is 14.4 Å². The van der Waals surface area contributed by atoms with E-state index in [1.807, 2.05) is 60.7 Å². The van der Waals surface area contributed by atoms with E-state index in [4.69, 9.17) is 0 Å². The van der Waals surface area contributed by atoms with Gasteiger partial charge in [0.15, 0.2) is 0 Å². The highest BCUT2D eigenvalue weighted by Gasteiger charge is 2.20. The SMILES string of the molecule is CC(=O)NC(Cc1ccccc1)C(=O)NCC(=O)NCc1ccccc1. The van der Waals surface area contributed by atoms with Gasteiger partial charge >= 0.3 is 0 Å². The Kier molecular flexibility index (Phi) is 7.36. The molecule has 0 aliphatic rings. The van der Waals surface area contributed by atoms with Gasteiger partial charge in [-0.2, -0.15) is 0 Å². The highest BCUT2D eigenvalue weighted by molar-refractivity contribution is 5.90. The van der Waals surface area contributed by atoms with E-state index in [1.54, 1.807) is 0 Å². The molecule has 3 amide bonds. The maximum atomic E-state index is 12.4. The van der Waals surface area contributed by atoms with Crippen LogP contribution in [0.2, 0.25) is 0 Å². The van der Waals surface area contributed by atoms with Crippen LogP contribution in [0.25, 0.3) is 0 Å². The fourth-order valence-electron chi connectivity index (χ4n) is 2.45. The molecular weight excluding hydrogens is 330 g/mol. The normalized spacial score (nSPS) is 11.3. The Balaban J connectivity index is 1.83. The molecule has 2 rings (SSSR count). The maximum absolute atomic E-state index is 12.4. The number of hydrogen-bond donors (Lipinski definition) is 3. The third-order valence-electron chi connectivity index (χ3n) is 3.73. The number of amides is 3. The molecule has 26 heavy (non-hydrogen) atoms. The molecule has 0 bridgehead atoms. The monoisotopic (exact) mass is 353 g/mol. The van der Waals surface area contributed by atoms with Gasteiger partial charge in [-0.05, 0) is 11.1 Å². The Bertz CT molecular complexity index is 732. The Labute approximate surface area is 153 Å².